The number of nitrogens with one attached hydrogen (secondary N) is 1. The number of fused-ring (bicyclic) bond motifs is 1. The fourth-order valence-electron chi connectivity index (χ4n) is 4.71. The van der Waals surface area contributed by atoms with Gasteiger partial charge in [-0.25, -0.2) is 8.42 Å². The predicted molar refractivity (Wildman–Crippen MR) is 142 cm³/mol. The lowest BCUT2D eigenvalue weighted by molar-refractivity contribution is -0.141. The highest BCUT2D eigenvalue weighted by atomic mass is 32.2. The molecule has 0 bridgehead atoms. The Balaban J connectivity index is 1.90. The predicted octanol–water partition coefficient (Wildman–Crippen LogP) is 5.87. The Morgan fingerprint density at radius 2 is 1.66 bits per heavy atom. The molecule has 3 aromatic rings. The van der Waals surface area contributed by atoms with Crippen molar-refractivity contribution in [3.8, 4) is 0 Å². The van der Waals surface area contributed by atoms with Gasteiger partial charge in [-0.15, -0.1) is 0 Å². The minimum absolute atomic E-state index is 0.0249. The second-order valence-corrected chi connectivity index (χ2v) is 11.0. The van der Waals surface area contributed by atoms with Crippen molar-refractivity contribution in [1.29, 1.82) is 0 Å². The van der Waals surface area contributed by atoms with Crippen LogP contribution in [0.3, 0.4) is 0 Å². The lowest BCUT2D eigenvalue weighted by Crippen LogP contribution is -2.37. The molecule has 0 aromatic heterocycles. The van der Waals surface area contributed by atoms with Gasteiger partial charge in [-0.05, 0) is 53.3 Å². The SMILES string of the molecule is C=C(CN[C@@H](C)c1cccc2ccccc12)[C@H]([C@H](CCC)CC(=O)OC)S(=O)(=O)c1ccccc1. The highest BCUT2D eigenvalue weighted by Crippen LogP contribution is 2.32. The van der Waals surface area contributed by atoms with Gasteiger partial charge in [-0.1, -0.05) is 80.6 Å². The first-order valence-electron chi connectivity index (χ1n) is 12.0. The first-order chi connectivity index (χ1) is 16.8. The van der Waals surface area contributed by atoms with Crippen LogP contribution in [0.25, 0.3) is 10.8 Å². The van der Waals surface area contributed by atoms with E-state index in [1.807, 2.05) is 25.1 Å². The van der Waals surface area contributed by atoms with E-state index in [4.69, 9.17) is 4.74 Å². The van der Waals surface area contributed by atoms with Crippen molar-refractivity contribution in [2.24, 2.45) is 5.92 Å². The van der Waals surface area contributed by atoms with E-state index in [1.165, 1.54) is 7.11 Å². The van der Waals surface area contributed by atoms with E-state index < -0.39 is 27.0 Å². The van der Waals surface area contributed by atoms with E-state index in [2.05, 4.69) is 43.1 Å². The maximum absolute atomic E-state index is 13.8. The van der Waals surface area contributed by atoms with Crippen LogP contribution in [-0.2, 0) is 19.4 Å². The third-order valence-corrected chi connectivity index (χ3v) is 8.79. The first kappa shape index (κ1) is 26.6. The zero-order valence-electron chi connectivity index (χ0n) is 20.7. The number of rotatable bonds is 12. The van der Waals surface area contributed by atoms with Crippen LogP contribution in [0.5, 0.6) is 0 Å². The highest BCUT2D eigenvalue weighted by molar-refractivity contribution is 7.92. The Kier molecular flexibility index (Phi) is 9.24. The average Bonchev–Trinajstić information content (AvgIpc) is 2.87. The van der Waals surface area contributed by atoms with E-state index in [0.29, 0.717) is 18.5 Å². The molecule has 0 spiro atoms. The average molecular weight is 494 g/mol. The molecule has 0 saturated heterocycles. The van der Waals surface area contributed by atoms with Crippen LogP contribution < -0.4 is 5.32 Å². The molecule has 0 saturated carbocycles. The molecule has 0 aliphatic carbocycles. The lowest BCUT2D eigenvalue weighted by atomic mass is 9.91. The fraction of sp³-hybridized carbons (Fsp3) is 0.345. The molecule has 0 amide bonds. The van der Waals surface area contributed by atoms with Gasteiger partial charge < -0.3 is 10.1 Å². The van der Waals surface area contributed by atoms with Gasteiger partial charge in [0.2, 0.25) is 0 Å². The van der Waals surface area contributed by atoms with Crippen molar-refractivity contribution in [3.63, 3.8) is 0 Å². The molecule has 0 aliphatic heterocycles. The Morgan fingerprint density at radius 3 is 2.34 bits per heavy atom. The summed E-state index contributed by atoms with van der Waals surface area (Å²) in [5.74, 6) is -0.846. The van der Waals surface area contributed by atoms with Crippen molar-refractivity contribution >= 4 is 26.6 Å². The zero-order chi connectivity index (χ0) is 25.4. The largest absolute Gasteiger partial charge is 0.469 e. The number of carbonyl (C=O) groups is 1. The summed E-state index contributed by atoms with van der Waals surface area (Å²) < 4.78 is 32.5. The van der Waals surface area contributed by atoms with Crippen molar-refractivity contribution in [1.82, 2.24) is 5.32 Å². The standard InChI is InChI=1S/C29H35NO4S/c1-5-12-24(19-28(31)34-4)29(35(32,33)25-15-7-6-8-16-25)21(2)20-30-22(3)26-18-11-14-23-13-9-10-17-27(23)26/h6-11,13-18,22,24,29-30H,2,5,12,19-20H2,1,3-4H3/t22-,24+,29+/m0/s1. The van der Waals surface area contributed by atoms with Gasteiger partial charge in [0, 0.05) is 19.0 Å². The summed E-state index contributed by atoms with van der Waals surface area (Å²) in [6.07, 6.45) is 1.35. The van der Waals surface area contributed by atoms with Gasteiger partial charge in [0.25, 0.3) is 0 Å². The van der Waals surface area contributed by atoms with Crippen LogP contribution >= 0.6 is 0 Å². The van der Waals surface area contributed by atoms with E-state index in [0.717, 1.165) is 22.8 Å². The third kappa shape index (κ3) is 6.38. The maximum atomic E-state index is 13.8. The van der Waals surface area contributed by atoms with Crippen LogP contribution in [0.15, 0.2) is 89.8 Å². The number of esters is 1. The number of ether oxygens (including phenoxy) is 1. The number of benzene rings is 3. The Labute approximate surface area is 209 Å². The van der Waals surface area contributed by atoms with Gasteiger partial charge in [0.05, 0.1) is 17.3 Å². The first-order valence-corrected chi connectivity index (χ1v) is 13.6. The Hall–Kier alpha value is -2.96. The smallest absolute Gasteiger partial charge is 0.305 e. The lowest BCUT2D eigenvalue weighted by Gasteiger charge is -2.29. The van der Waals surface area contributed by atoms with Gasteiger partial charge in [0.1, 0.15) is 0 Å². The van der Waals surface area contributed by atoms with Crippen LogP contribution in [0.1, 0.15) is 44.7 Å². The molecule has 6 heteroatoms. The molecule has 0 heterocycles. The second kappa shape index (κ2) is 12.1. The van der Waals surface area contributed by atoms with Crippen molar-refractivity contribution in [2.45, 2.75) is 49.3 Å². The summed E-state index contributed by atoms with van der Waals surface area (Å²) >= 11 is 0. The van der Waals surface area contributed by atoms with Gasteiger partial charge >= 0.3 is 5.97 Å². The number of methoxy groups -OCH3 is 1. The molecule has 0 unspecified atom stereocenters. The maximum Gasteiger partial charge on any atom is 0.305 e. The van der Waals surface area contributed by atoms with Crippen LogP contribution in [0, 0.1) is 5.92 Å². The van der Waals surface area contributed by atoms with Crippen molar-refractivity contribution in [3.05, 3.63) is 90.5 Å². The quantitative estimate of drug-likeness (QED) is 0.252. The summed E-state index contributed by atoms with van der Waals surface area (Å²) in [6, 6.07) is 22.8. The topological polar surface area (TPSA) is 72.5 Å². The molecule has 3 aromatic carbocycles. The minimum Gasteiger partial charge on any atom is -0.469 e. The minimum atomic E-state index is -3.77. The number of hydrogen-bond acceptors (Lipinski definition) is 5. The molecule has 1 N–H and O–H groups in total. The van der Waals surface area contributed by atoms with Crippen molar-refractivity contribution < 1.29 is 17.9 Å². The van der Waals surface area contributed by atoms with Crippen LogP contribution in [0.2, 0.25) is 0 Å². The molecule has 0 aliphatic rings. The Morgan fingerprint density at radius 1 is 1.00 bits per heavy atom. The Bertz CT molecular complexity index is 1250. The molecule has 0 radical (unpaired) electrons. The van der Waals surface area contributed by atoms with Crippen LogP contribution in [-0.4, -0.2) is 33.3 Å². The summed E-state index contributed by atoms with van der Waals surface area (Å²) in [4.78, 5) is 12.4. The van der Waals surface area contributed by atoms with Crippen LogP contribution in [0.4, 0.5) is 0 Å². The molecule has 35 heavy (non-hydrogen) atoms. The molecular weight excluding hydrogens is 458 g/mol. The second-order valence-electron chi connectivity index (χ2n) is 8.94. The zero-order valence-corrected chi connectivity index (χ0v) is 21.6. The summed E-state index contributed by atoms with van der Waals surface area (Å²) in [7, 11) is -2.44. The summed E-state index contributed by atoms with van der Waals surface area (Å²) in [5, 5.41) is 4.88. The van der Waals surface area contributed by atoms with Gasteiger partial charge in [-0.2, -0.15) is 0 Å². The van der Waals surface area contributed by atoms with Crippen molar-refractivity contribution in [2.75, 3.05) is 13.7 Å². The van der Waals surface area contributed by atoms with E-state index in [9.17, 15) is 13.2 Å². The van der Waals surface area contributed by atoms with E-state index in [1.54, 1.807) is 30.3 Å². The molecule has 3 rings (SSSR count). The fourth-order valence-corrected chi connectivity index (χ4v) is 6.81. The highest BCUT2D eigenvalue weighted by Gasteiger charge is 2.37. The number of sulfone groups is 1. The number of hydrogen-bond donors (Lipinski definition) is 1. The van der Waals surface area contributed by atoms with E-state index in [-0.39, 0.29) is 17.4 Å². The molecule has 186 valence electrons. The third-order valence-electron chi connectivity index (χ3n) is 6.48. The van der Waals surface area contributed by atoms with Gasteiger partial charge in [0.15, 0.2) is 9.84 Å². The normalized spacial score (nSPS) is 14.3. The van der Waals surface area contributed by atoms with Gasteiger partial charge in [-0.3, -0.25) is 4.79 Å². The number of carbonyl (C=O) groups excluding carboxylic acids is 1. The molecular formula is C29H35NO4S. The molecule has 3 atom stereocenters. The summed E-state index contributed by atoms with van der Waals surface area (Å²) in [5.41, 5.74) is 1.68. The molecule has 0 fully saturated rings. The molecule has 5 nitrogen and oxygen atoms in total. The van der Waals surface area contributed by atoms with E-state index >= 15 is 0 Å². The summed E-state index contributed by atoms with van der Waals surface area (Å²) in [6.45, 7) is 8.57. The monoisotopic (exact) mass is 493 g/mol.